The summed E-state index contributed by atoms with van der Waals surface area (Å²) in [5.41, 5.74) is 2.64. The van der Waals surface area contributed by atoms with Crippen LogP contribution in [0.25, 0.3) is 0 Å². The van der Waals surface area contributed by atoms with E-state index >= 15 is 0 Å². The van der Waals surface area contributed by atoms with E-state index < -0.39 is 0 Å². The molecule has 0 saturated heterocycles. The van der Waals surface area contributed by atoms with E-state index in [2.05, 4.69) is 26.7 Å². The molecule has 1 amide bonds. The van der Waals surface area contributed by atoms with Crippen LogP contribution in [0.3, 0.4) is 0 Å². The summed E-state index contributed by atoms with van der Waals surface area (Å²) in [7, 11) is 2.02. The summed E-state index contributed by atoms with van der Waals surface area (Å²) in [5, 5.41) is 9.86. The SMILES string of the molecule is C[C@H](CO)N1C[C@H](C)[C@H](CN(C)Cc2ccncc2)Oc2ncc(C#Cc3ccc(F)cc3)cc2C1=O. The number of carbonyl (C=O) groups is 1. The van der Waals surface area contributed by atoms with Gasteiger partial charge in [0.25, 0.3) is 5.91 Å². The number of aromatic nitrogens is 2. The number of nitrogens with zero attached hydrogens (tertiary/aromatic N) is 4. The van der Waals surface area contributed by atoms with Crippen molar-refractivity contribution in [3.8, 4) is 17.7 Å². The average molecular weight is 503 g/mol. The Morgan fingerprint density at radius 2 is 1.89 bits per heavy atom. The van der Waals surface area contributed by atoms with Gasteiger partial charge in [-0.3, -0.25) is 14.7 Å². The zero-order chi connectivity index (χ0) is 26.4. The number of aliphatic hydroxyl groups excluding tert-OH is 1. The number of rotatable bonds is 6. The molecule has 8 heteroatoms. The summed E-state index contributed by atoms with van der Waals surface area (Å²) >= 11 is 0. The Hall–Kier alpha value is -3.80. The Bertz CT molecular complexity index is 1270. The van der Waals surface area contributed by atoms with Gasteiger partial charge >= 0.3 is 0 Å². The van der Waals surface area contributed by atoms with Crippen molar-refractivity contribution in [2.75, 3.05) is 26.7 Å². The number of amides is 1. The van der Waals surface area contributed by atoms with Crippen LogP contribution in [-0.4, -0.2) is 69.7 Å². The van der Waals surface area contributed by atoms with Gasteiger partial charge in [0.2, 0.25) is 5.88 Å². The second-order valence-corrected chi connectivity index (χ2v) is 9.51. The molecule has 1 N–H and O–H groups in total. The van der Waals surface area contributed by atoms with E-state index in [0.717, 1.165) is 12.1 Å². The number of fused-ring (bicyclic) bond motifs is 1. The molecule has 0 bridgehead atoms. The predicted octanol–water partition coefficient (Wildman–Crippen LogP) is 3.37. The molecule has 3 aromatic rings. The molecule has 0 fully saturated rings. The fourth-order valence-corrected chi connectivity index (χ4v) is 4.24. The number of halogens is 1. The monoisotopic (exact) mass is 502 g/mol. The van der Waals surface area contributed by atoms with Gasteiger partial charge in [-0.2, -0.15) is 0 Å². The largest absolute Gasteiger partial charge is 0.472 e. The van der Waals surface area contributed by atoms with Crippen LogP contribution in [0.5, 0.6) is 5.88 Å². The summed E-state index contributed by atoms with van der Waals surface area (Å²) in [5.74, 6) is 5.63. The lowest BCUT2D eigenvalue weighted by molar-refractivity contribution is 0.0325. The maximum Gasteiger partial charge on any atom is 0.259 e. The molecule has 192 valence electrons. The Morgan fingerprint density at radius 1 is 1.19 bits per heavy atom. The molecule has 2 aromatic heterocycles. The van der Waals surface area contributed by atoms with Crippen molar-refractivity contribution < 1.29 is 19.0 Å². The zero-order valence-electron chi connectivity index (χ0n) is 21.3. The number of likely N-dealkylation sites (N-methyl/N-ethyl adjacent to an activating group) is 1. The molecule has 0 unspecified atom stereocenters. The highest BCUT2D eigenvalue weighted by Crippen LogP contribution is 2.27. The molecule has 3 heterocycles. The van der Waals surface area contributed by atoms with Crippen LogP contribution in [-0.2, 0) is 6.54 Å². The second kappa shape index (κ2) is 12.0. The quantitative estimate of drug-likeness (QED) is 0.521. The van der Waals surface area contributed by atoms with Gasteiger partial charge in [-0.25, -0.2) is 9.37 Å². The predicted molar refractivity (Wildman–Crippen MR) is 138 cm³/mol. The number of pyridine rings is 2. The number of aliphatic hydroxyl groups is 1. The molecule has 0 spiro atoms. The van der Waals surface area contributed by atoms with E-state index in [1.807, 2.05) is 33.0 Å². The minimum absolute atomic E-state index is 0.00858. The van der Waals surface area contributed by atoms with E-state index in [-0.39, 0.29) is 42.3 Å². The molecule has 3 atom stereocenters. The lowest BCUT2D eigenvalue weighted by atomic mass is 9.99. The van der Waals surface area contributed by atoms with E-state index in [0.29, 0.717) is 29.8 Å². The van der Waals surface area contributed by atoms with E-state index in [1.165, 1.54) is 12.1 Å². The minimum Gasteiger partial charge on any atom is -0.472 e. The molecular formula is C29H31FN4O3. The first-order chi connectivity index (χ1) is 17.8. The van der Waals surface area contributed by atoms with Gasteiger partial charge in [-0.05, 0) is 62.0 Å². The Morgan fingerprint density at radius 3 is 2.59 bits per heavy atom. The first-order valence-corrected chi connectivity index (χ1v) is 12.3. The van der Waals surface area contributed by atoms with Crippen molar-refractivity contribution in [3.05, 3.63) is 89.1 Å². The van der Waals surface area contributed by atoms with Crippen molar-refractivity contribution in [2.45, 2.75) is 32.5 Å². The molecular weight excluding hydrogens is 471 g/mol. The number of hydrogen-bond acceptors (Lipinski definition) is 6. The maximum atomic E-state index is 13.6. The molecule has 1 aliphatic heterocycles. The van der Waals surface area contributed by atoms with Crippen LogP contribution in [0.2, 0.25) is 0 Å². The number of carbonyl (C=O) groups excluding carboxylic acids is 1. The molecule has 1 aliphatic rings. The number of ether oxygens (including phenoxy) is 1. The average Bonchev–Trinajstić information content (AvgIpc) is 2.90. The standard InChI is InChI=1S/C29H31FN4O3/c1-20-16-34(21(2)19-35)29(36)26-14-24(5-4-22-6-8-25(30)9-7-22)15-32-28(26)37-27(20)18-33(3)17-23-10-12-31-13-11-23/h6-15,20-21,27,35H,16-19H2,1-3H3/t20-,21+,27-/m0/s1. The van der Waals surface area contributed by atoms with Gasteiger partial charge in [-0.15, -0.1) is 0 Å². The Kier molecular flexibility index (Phi) is 8.49. The fourth-order valence-electron chi connectivity index (χ4n) is 4.24. The van der Waals surface area contributed by atoms with Gasteiger partial charge in [0.05, 0.1) is 12.6 Å². The normalized spacial score (nSPS) is 18.2. The van der Waals surface area contributed by atoms with Crippen molar-refractivity contribution in [2.24, 2.45) is 5.92 Å². The first kappa shape index (κ1) is 26.3. The van der Waals surface area contributed by atoms with E-state index in [4.69, 9.17) is 4.74 Å². The van der Waals surface area contributed by atoms with Gasteiger partial charge in [0, 0.05) is 55.3 Å². The highest BCUT2D eigenvalue weighted by Gasteiger charge is 2.34. The van der Waals surface area contributed by atoms with E-state index in [1.54, 1.807) is 41.7 Å². The van der Waals surface area contributed by atoms with Crippen LogP contribution in [0, 0.1) is 23.6 Å². The lowest BCUT2D eigenvalue weighted by Crippen LogP contribution is -2.49. The summed E-state index contributed by atoms with van der Waals surface area (Å²) in [6.07, 6.45) is 4.88. The van der Waals surface area contributed by atoms with Crippen LogP contribution in [0.4, 0.5) is 4.39 Å². The summed E-state index contributed by atoms with van der Waals surface area (Å²) < 4.78 is 19.5. The molecule has 37 heavy (non-hydrogen) atoms. The number of hydrogen-bond donors (Lipinski definition) is 1. The molecule has 0 saturated carbocycles. The fraction of sp³-hybridized carbons (Fsp3) is 0.345. The summed E-state index contributed by atoms with van der Waals surface area (Å²) in [6.45, 7) is 5.49. The number of benzene rings is 1. The lowest BCUT2D eigenvalue weighted by Gasteiger charge is -2.37. The highest BCUT2D eigenvalue weighted by molar-refractivity contribution is 5.97. The van der Waals surface area contributed by atoms with E-state index in [9.17, 15) is 14.3 Å². The zero-order valence-corrected chi connectivity index (χ0v) is 21.3. The van der Waals surface area contributed by atoms with Crippen molar-refractivity contribution >= 4 is 5.91 Å². The molecule has 4 rings (SSSR count). The van der Waals surface area contributed by atoms with Gasteiger partial charge < -0.3 is 14.7 Å². The molecule has 0 aliphatic carbocycles. The van der Waals surface area contributed by atoms with Crippen molar-refractivity contribution in [3.63, 3.8) is 0 Å². The Balaban J connectivity index is 1.62. The minimum atomic E-state index is -0.370. The highest BCUT2D eigenvalue weighted by atomic mass is 19.1. The maximum absolute atomic E-state index is 13.6. The molecule has 7 nitrogen and oxygen atoms in total. The second-order valence-electron chi connectivity index (χ2n) is 9.51. The van der Waals surface area contributed by atoms with Crippen molar-refractivity contribution in [1.82, 2.24) is 19.8 Å². The Labute approximate surface area is 216 Å². The third-order valence-corrected chi connectivity index (χ3v) is 6.41. The van der Waals surface area contributed by atoms with Crippen LogP contribution >= 0.6 is 0 Å². The molecule has 0 radical (unpaired) electrons. The van der Waals surface area contributed by atoms with Crippen LogP contribution in [0.1, 0.15) is 40.9 Å². The smallest absolute Gasteiger partial charge is 0.259 e. The van der Waals surface area contributed by atoms with Crippen molar-refractivity contribution in [1.29, 1.82) is 0 Å². The molecule has 1 aromatic carbocycles. The topological polar surface area (TPSA) is 78.8 Å². The van der Waals surface area contributed by atoms with Crippen LogP contribution in [0.15, 0.2) is 61.1 Å². The third kappa shape index (κ3) is 6.70. The summed E-state index contributed by atoms with van der Waals surface area (Å²) in [6, 6.07) is 11.1. The first-order valence-electron chi connectivity index (χ1n) is 12.3. The van der Waals surface area contributed by atoms with Crippen LogP contribution < -0.4 is 4.74 Å². The van der Waals surface area contributed by atoms with Gasteiger partial charge in [-0.1, -0.05) is 18.8 Å². The van der Waals surface area contributed by atoms with Gasteiger partial charge in [0.1, 0.15) is 17.5 Å². The third-order valence-electron chi connectivity index (χ3n) is 6.41. The van der Waals surface area contributed by atoms with Gasteiger partial charge in [0.15, 0.2) is 0 Å². The summed E-state index contributed by atoms with van der Waals surface area (Å²) in [4.78, 5) is 26.0.